The molecule has 1 aliphatic heterocycles. The summed E-state index contributed by atoms with van der Waals surface area (Å²) in [6, 6.07) is 55.2. The van der Waals surface area contributed by atoms with Gasteiger partial charge < -0.3 is 4.90 Å². The Hall–Kier alpha value is -5.66. The van der Waals surface area contributed by atoms with Crippen molar-refractivity contribution in [1.82, 2.24) is 0 Å². The summed E-state index contributed by atoms with van der Waals surface area (Å²) in [6.45, 7) is 4.54. The first-order valence-electron chi connectivity index (χ1n) is 14.8. The molecule has 0 N–H and O–H groups in total. The predicted octanol–water partition coefficient (Wildman–Crippen LogP) is 11.7. The van der Waals surface area contributed by atoms with E-state index in [-0.39, 0.29) is 0 Å². The molecule has 0 fully saturated rings. The molecule has 0 radical (unpaired) electrons. The summed E-state index contributed by atoms with van der Waals surface area (Å²) in [5.41, 5.74) is 11.8. The van der Waals surface area contributed by atoms with Gasteiger partial charge in [0.25, 0.3) is 0 Å². The van der Waals surface area contributed by atoms with Crippen molar-refractivity contribution in [2.75, 3.05) is 4.90 Å². The van der Waals surface area contributed by atoms with Crippen LogP contribution >= 0.6 is 0 Å². The molecule has 0 unspecified atom stereocenters. The maximum atomic E-state index is 4.54. The Morgan fingerprint density at radius 2 is 1.00 bits per heavy atom. The van der Waals surface area contributed by atoms with Crippen LogP contribution in [0.2, 0.25) is 0 Å². The van der Waals surface area contributed by atoms with Crippen LogP contribution < -0.4 is 4.90 Å². The monoisotopic (exact) mass is 545 g/mol. The summed E-state index contributed by atoms with van der Waals surface area (Å²) in [5.74, 6) is 0. The number of para-hydroxylation sites is 1. The van der Waals surface area contributed by atoms with Gasteiger partial charge in [-0.15, -0.1) is 0 Å². The molecule has 0 saturated heterocycles. The Bertz CT molecular complexity index is 2330. The molecule has 0 saturated carbocycles. The number of rotatable bonds is 3. The number of hydrogen-bond acceptors (Lipinski definition) is 1. The van der Waals surface area contributed by atoms with Crippen LogP contribution in [-0.2, 0) is 0 Å². The minimum absolute atomic E-state index is 0.996. The standard InChI is InChI=1S/C42H27N/c1-27-35-12-5-6-13-37(35)38-24-22-33(26-40(38)43(27)34-10-3-2-4-11-34)28-14-16-29(17-15-28)36-23-20-32-19-18-30-8-7-9-31-21-25-39(36)42(32)41(30)31/h2-26H,1H2. The molecule has 200 valence electrons. The Balaban J connectivity index is 1.16. The predicted molar refractivity (Wildman–Crippen MR) is 184 cm³/mol. The Kier molecular flexibility index (Phi) is 5.12. The number of benzene rings is 8. The van der Waals surface area contributed by atoms with Crippen molar-refractivity contribution in [3.63, 3.8) is 0 Å². The first kappa shape index (κ1) is 24.0. The summed E-state index contributed by atoms with van der Waals surface area (Å²) in [7, 11) is 0. The average Bonchev–Trinajstić information content (AvgIpc) is 3.08. The summed E-state index contributed by atoms with van der Waals surface area (Å²) >= 11 is 0. The average molecular weight is 546 g/mol. The van der Waals surface area contributed by atoms with E-state index in [1.807, 2.05) is 0 Å². The van der Waals surface area contributed by atoms with Crippen LogP contribution in [0.4, 0.5) is 11.4 Å². The van der Waals surface area contributed by atoms with Crippen LogP contribution in [0.1, 0.15) is 5.56 Å². The second-order valence-corrected chi connectivity index (χ2v) is 11.4. The van der Waals surface area contributed by atoms with Crippen molar-refractivity contribution < 1.29 is 0 Å². The van der Waals surface area contributed by atoms with Crippen molar-refractivity contribution in [3.05, 3.63) is 164 Å². The fourth-order valence-corrected chi connectivity index (χ4v) is 7.06. The smallest absolute Gasteiger partial charge is 0.0546 e. The van der Waals surface area contributed by atoms with Crippen LogP contribution in [0.3, 0.4) is 0 Å². The lowest BCUT2D eigenvalue weighted by atomic mass is 9.88. The lowest BCUT2D eigenvalue weighted by Crippen LogP contribution is -2.19. The van der Waals surface area contributed by atoms with Crippen LogP contribution in [0.25, 0.3) is 71.4 Å². The first-order valence-corrected chi connectivity index (χ1v) is 14.8. The van der Waals surface area contributed by atoms with Crippen molar-refractivity contribution in [2.45, 2.75) is 0 Å². The Morgan fingerprint density at radius 3 is 1.79 bits per heavy atom. The third-order valence-electron chi connectivity index (χ3n) is 9.11. The van der Waals surface area contributed by atoms with Crippen molar-refractivity contribution in [2.24, 2.45) is 0 Å². The highest BCUT2D eigenvalue weighted by Gasteiger charge is 2.26. The van der Waals surface area contributed by atoms with Crippen LogP contribution in [-0.4, -0.2) is 0 Å². The van der Waals surface area contributed by atoms with E-state index < -0.39 is 0 Å². The third kappa shape index (κ3) is 3.58. The Labute approximate surface area is 250 Å². The SMILES string of the molecule is C=C1c2ccccc2-c2ccc(-c3ccc(-c4ccc5ccc6cccc7ccc4c5c67)cc3)cc2N1c1ccccc1. The molecule has 0 spiro atoms. The molecule has 0 aromatic heterocycles. The highest BCUT2D eigenvalue weighted by molar-refractivity contribution is 6.25. The maximum Gasteiger partial charge on any atom is 0.0546 e. The largest absolute Gasteiger partial charge is 0.310 e. The lowest BCUT2D eigenvalue weighted by Gasteiger charge is -2.35. The van der Waals surface area contributed by atoms with Gasteiger partial charge in [0.15, 0.2) is 0 Å². The van der Waals surface area contributed by atoms with Crippen molar-refractivity contribution in [3.8, 4) is 33.4 Å². The normalized spacial score (nSPS) is 12.7. The quantitative estimate of drug-likeness (QED) is 0.200. The molecule has 8 aromatic rings. The van der Waals surface area contributed by atoms with Gasteiger partial charge in [0.2, 0.25) is 0 Å². The number of anilines is 2. The molecular weight excluding hydrogens is 518 g/mol. The van der Waals surface area contributed by atoms with E-state index in [1.165, 1.54) is 71.3 Å². The molecule has 8 aromatic carbocycles. The second-order valence-electron chi connectivity index (χ2n) is 11.4. The molecule has 1 aliphatic rings. The summed E-state index contributed by atoms with van der Waals surface area (Å²) in [5, 5.41) is 7.90. The van der Waals surface area contributed by atoms with Gasteiger partial charge in [0, 0.05) is 22.5 Å². The minimum atomic E-state index is 0.996. The fraction of sp³-hybridized carbons (Fsp3) is 0. The zero-order valence-corrected chi connectivity index (χ0v) is 23.6. The minimum Gasteiger partial charge on any atom is -0.310 e. The molecular formula is C42H27N. The molecule has 1 heterocycles. The van der Waals surface area contributed by atoms with Crippen LogP contribution in [0.5, 0.6) is 0 Å². The van der Waals surface area contributed by atoms with Gasteiger partial charge in [-0.1, -0.05) is 140 Å². The van der Waals surface area contributed by atoms with E-state index >= 15 is 0 Å². The summed E-state index contributed by atoms with van der Waals surface area (Å²) in [6.07, 6.45) is 0. The van der Waals surface area contributed by atoms with Gasteiger partial charge in [-0.2, -0.15) is 0 Å². The highest BCUT2D eigenvalue weighted by atomic mass is 15.2. The summed E-state index contributed by atoms with van der Waals surface area (Å²) in [4.78, 5) is 2.29. The molecule has 0 bridgehead atoms. The van der Waals surface area contributed by atoms with E-state index in [2.05, 4.69) is 163 Å². The zero-order chi connectivity index (χ0) is 28.5. The highest BCUT2D eigenvalue weighted by Crippen LogP contribution is 2.48. The van der Waals surface area contributed by atoms with Crippen LogP contribution in [0.15, 0.2) is 158 Å². The molecule has 0 atom stereocenters. The van der Waals surface area contributed by atoms with E-state index in [1.54, 1.807) is 0 Å². The second kappa shape index (κ2) is 9.17. The van der Waals surface area contributed by atoms with Gasteiger partial charge >= 0.3 is 0 Å². The molecule has 1 nitrogen and oxygen atoms in total. The number of hydrogen-bond donors (Lipinski definition) is 0. The fourth-order valence-electron chi connectivity index (χ4n) is 7.06. The molecule has 0 aliphatic carbocycles. The molecule has 9 rings (SSSR count). The van der Waals surface area contributed by atoms with Gasteiger partial charge in [-0.3, -0.25) is 0 Å². The maximum absolute atomic E-state index is 4.54. The number of fused-ring (bicyclic) bond motifs is 3. The topological polar surface area (TPSA) is 3.24 Å². The molecule has 1 heteroatoms. The van der Waals surface area contributed by atoms with Gasteiger partial charge in [-0.05, 0) is 78.3 Å². The van der Waals surface area contributed by atoms with Crippen molar-refractivity contribution in [1.29, 1.82) is 0 Å². The molecule has 0 amide bonds. The zero-order valence-electron chi connectivity index (χ0n) is 23.6. The first-order chi connectivity index (χ1) is 21.2. The number of nitrogens with zero attached hydrogens (tertiary/aromatic N) is 1. The van der Waals surface area contributed by atoms with E-state index in [0.717, 1.165) is 17.1 Å². The van der Waals surface area contributed by atoms with Gasteiger partial charge in [0.1, 0.15) is 0 Å². The van der Waals surface area contributed by atoms with Crippen LogP contribution in [0, 0.1) is 0 Å². The van der Waals surface area contributed by atoms with E-state index in [9.17, 15) is 0 Å². The van der Waals surface area contributed by atoms with Gasteiger partial charge in [0.05, 0.1) is 5.69 Å². The van der Waals surface area contributed by atoms with Crippen molar-refractivity contribution >= 4 is 49.4 Å². The Morgan fingerprint density at radius 1 is 0.395 bits per heavy atom. The molecule has 43 heavy (non-hydrogen) atoms. The summed E-state index contributed by atoms with van der Waals surface area (Å²) < 4.78 is 0. The van der Waals surface area contributed by atoms with E-state index in [4.69, 9.17) is 0 Å². The lowest BCUT2D eigenvalue weighted by molar-refractivity contribution is 1.27. The van der Waals surface area contributed by atoms with E-state index in [0.29, 0.717) is 0 Å². The van der Waals surface area contributed by atoms with Gasteiger partial charge in [-0.25, -0.2) is 0 Å². The third-order valence-corrected chi connectivity index (χ3v) is 9.11.